The summed E-state index contributed by atoms with van der Waals surface area (Å²) in [6.45, 7) is 3.67. The van der Waals surface area contributed by atoms with Crippen molar-refractivity contribution >= 4 is 0 Å². The first-order valence-electron chi connectivity index (χ1n) is 8.41. The van der Waals surface area contributed by atoms with Crippen LogP contribution in [0.5, 0.6) is 0 Å². The van der Waals surface area contributed by atoms with Gasteiger partial charge in [-0.15, -0.1) is 0 Å². The molecule has 0 saturated carbocycles. The molecule has 1 heterocycles. The average molecular weight is 338 g/mol. The van der Waals surface area contributed by atoms with Crippen molar-refractivity contribution in [3.63, 3.8) is 0 Å². The zero-order valence-electron chi connectivity index (χ0n) is 14.2. The van der Waals surface area contributed by atoms with Crippen LogP contribution in [0.15, 0.2) is 0 Å². The van der Waals surface area contributed by atoms with Gasteiger partial charge in [-0.25, -0.2) is 0 Å². The molecule has 1 rings (SSSR count). The second-order valence-electron chi connectivity index (χ2n) is 6.16. The SMILES string of the molecule is CC[C@H]1CC(O)CC(CO)O1.C[C@@H](CCO)C(O)C(O)CCO. The first kappa shape index (κ1) is 22.7. The Morgan fingerprint density at radius 1 is 1.00 bits per heavy atom. The van der Waals surface area contributed by atoms with Crippen molar-refractivity contribution in [2.24, 2.45) is 5.92 Å². The average Bonchev–Trinajstić information content (AvgIpc) is 2.54. The van der Waals surface area contributed by atoms with E-state index in [1.807, 2.05) is 6.92 Å². The zero-order chi connectivity index (χ0) is 17.8. The van der Waals surface area contributed by atoms with Crippen LogP contribution in [0, 0.1) is 5.92 Å². The summed E-state index contributed by atoms with van der Waals surface area (Å²) >= 11 is 0. The van der Waals surface area contributed by atoms with Gasteiger partial charge in [0, 0.05) is 19.6 Å². The molecule has 0 amide bonds. The molecule has 7 nitrogen and oxygen atoms in total. The monoisotopic (exact) mass is 338 g/mol. The van der Waals surface area contributed by atoms with E-state index in [4.69, 9.17) is 20.1 Å². The molecule has 1 aliphatic heterocycles. The number of aliphatic hydroxyl groups is 6. The maximum Gasteiger partial charge on any atom is 0.0834 e. The third kappa shape index (κ3) is 9.56. The summed E-state index contributed by atoms with van der Waals surface area (Å²) in [6, 6.07) is 0. The molecule has 0 aromatic rings. The predicted octanol–water partition coefficient (Wildman–Crippen LogP) is -0.594. The molecule has 0 radical (unpaired) electrons. The first-order valence-corrected chi connectivity index (χ1v) is 8.41. The summed E-state index contributed by atoms with van der Waals surface area (Å²) < 4.78 is 5.45. The Morgan fingerprint density at radius 3 is 2.04 bits per heavy atom. The summed E-state index contributed by atoms with van der Waals surface area (Å²) in [6.07, 6.45) is 0.792. The number of aliphatic hydroxyl groups excluding tert-OH is 6. The van der Waals surface area contributed by atoms with Crippen LogP contribution in [0.1, 0.15) is 46.0 Å². The zero-order valence-corrected chi connectivity index (χ0v) is 14.2. The molecule has 23 heavy (non-hydrogen) atoms. The lowest BCUT2D eigenvalue weighted by atomic mass is 9.95. The van der Waals surface area contributed by atoms with Crippen molar-refractivity contribution in [2.45, 2.75) is 76.5 Å². The molecule has 4 unspecified atom stereocenters. The van der Waals surface area contributed by atoms with Crippen molar-refractivity contribution in [3.05, 3.63) is 0 Å². The van der Waals surface area contributed by atoms with E-state index in [0.717, 1.165) is 6.42 Å². The number of rotatable bonds is 8. The fourth-order valence-electron chi connectivity index (χ4n) is 2.52. The van der Waals surface area contributed by atoms with Crippen molar-refractivity contribution in [1.29, 1.82) is 0 Å². The number of ether oxygens (including phenoxy) is 1. The van der Waals surface area contributed by atoms with E-state index in [2.05, 4.69) is 0 Å². The van der Waals surface area contributed by atoms with Crippen molar-refractivity contribution in [2.75, 3.05) is 19.8 Å². The Bertz CT molecular complexity index is 253. The Kier molecular flexibility index (Phi) is 12.9. The maximum atomic E-state index is 9.38. The smallest absolute Gasteiger partial charge is 0.0834 e. The molecule has 1 fully saturated rings. The summed E-state index contributed by atoms with van der Waals surface area (Å²) in [4.78, 5) is 0. The van der Waals surface area contributed by atoms with Crippen LogP contribution in [-0.4, -0.2) is 81.0 Å². The van der Waals surface area contributed by atoms with Crippen molar-refractivity contribution in [3.8, 4) is 0 Å². The van der Waals surface area contributed by atoms with Crippen LogP contribution in [0.4, 0.5) is 0 Å². The summed E-state index contributed by atoms with van der Waals surface area (Å²) in [7, 11) is 0. The molecule has 140 valence electrons. The summed E-state index contributed by atoms with van der Waals surface area (Å²) in [5.41, 5.74) is 0. The second kappa shape index (κ2) is 13.1. The van der Waals surface area contributed by atoms with E-state index in [1.54, 1.807) is 6.92 Å². The van der Waals surface area contributed by atoms with Crippen LogP contribution >= 0.6 is 0 Å². The van der Waals surface area contributed by atoms with Gasteiger partial charge >= 0.3 is 0 Å². The Labute approximate surface area is 138 Å². The summed E-state index contributed by atoms with van der Waals surface area (Å²) in [5.74, 6) is -0.142. The molecule has 0 aromatic carbocycles. The Balaban J connectivity index is 0.000000422. The van der Waals surface area contributed by atoms with Crippen LogP contribution in [0.2, 0.25) is 0 Å². The summed E-state index contributed by atoms with van der Waals surface area (Å²) in [5, 5.41) is 53.7. The van der Waals surface area contributed by atoms with Crippen LogP contribution in [-0.2, 0) is 4.74 Å². The number of hydrogen-bond acceptors (Lipinski definition) is 7. The van der Waals surface area contributed by atoms with E-state index in [0.29, 0.717) is 19.3 Å². The van der Waals surface area contributed by atoms with E-state index in [-0.39, 0.29) is 50.5 Å². The predicted molar refractivity (Wildman–Crippen MR) is 85.9 cm³/mol. The van der Waals surface area contributed by atoms with Gasteiger partial charge in [0.15, 0.2) is 0 Å². The van der Waals surface area contributed by atoms with Gasteiger partial charge in [-0.1, -0.05) is 13.8 Å². The standard InChI is InChI=1S/C8H18O4.C8H16O3/c1-6(2-4-9)8(12)7(11)3-5-10;1-2-7-3-6(10)4-8(5-9)11-7/h6-12H,2-5H2,1H3;6-10H,2-5H2,1H3/t6-,7?,8?;6?,7-,8?/m00/s1. The third-order valence-corrected chi connectivity index (χ3v) is 4.10. The highest BCUT2D eigenvalue weighted by Crippen LogP contribution is 2.21. The minimum atomic E-state index is -0.892. The van der Waals surface area contributed by atoms with E-state index in [9.17, 15) is 15.3 Å². The molecular weight excluding hydrogens is 304 g/mol. The van der Waals surface area contributed by atoms with Gasteiger partial charge in [0.2, 0.25) is 0 Å². The van der Waals surface area contributed by atoms with Gasteiger partial charge in [-0.2, -0.15) is 0 Å². The maximum absolute atomic E-state index is 9.38. The molecule has 0 aromatic heterocycles. The van der Waals surface area contributed by atoms with E-state index < -0.39 is 12.2 Å². The largest absolute Gasteiger partial charge is 0.396 e. The highest BCUT2D eigenvalue weighted by atomic mass is 16.5. The van der Waals surface area contributed by atoms with Gasteiger partial charge in [0.25, 0.3) is 0 Å². The molecule has 0 spiro atoms. The Morgan fingerprint density at radius 2 is 1.57 bits per heavy atom. The topological polar surface area (TPSA) is 131 Å². The van der Waals surface area contributed by atoms with Gasteiger partial charge in [0.1, 0.15) is 0 Å². The molecule has 7 heteroatoms. The van der Waals surface area contributed by atoms with E-state index >= 15 is 0 Å². The Hall–Kier alpha value is -0.280. The molecule has 0 bridgehead atoms. The lowest BCUT2D eigenvalue weighted by molar-refractivity contribution is -0.112. The third-order valence-electron chi connectivity index (χ3n) is 4.10. The van der Waals surface area contributed by atoms with Crippen molar-refractivity contribution in [1.82, 2.24) is 0 Å². The lowest BCUT2D eigenvalue weighted by Gasteiger charge is -2.31. The molecule has 1 aliphatic rings. The van der Waals surface area contributed by atoms with Crippen LogP contribution in [0.25, 0.3) is 0 Å². The normalized spacial score (nSPS) is 28.4. The molecular formula is C16H34O7. The minimum Gasteiger partial charge on any atom is -0.396 e. The van der Waals surface area contributed by atoms with Gasteiger partial charge in [-0.05, 0) is 31.6 Å². The molecule has 6 N–H and O–H groups in total. The van der Waals surface area contributed by atoms with Crippen LogP contribution < -0.4 is 0 Å². The first-order chi connectivity index (χ1) is 10.9. The van der Waals surface area contributed by atoms with Gasteiger partial charge in [0.05, 0.1) is 37.1 Å². The fraction of sp³-hybridized carbons (Fsp3) is 1.00. The molecule has 1 saturated heterocycles. The van der Waals surface area contributed by atoms with Crippen LogP contribution in [0.3, 0.4) is 0 Å². The van der Waals surface area contributed by atoms with Crippen molar-refractivity contribution < 1.29 is 35.4 Å². The van der Waals surface area contributed by atoms with E-state index in [1.165, 1.54) is 0 Å². The molecule has 0 aliphatic carbocycles. The minimum absolute atomic E-state index is 0.00404. The second-order valence-corrected chi connectivity index (χ2v) is 6.16. The fourth-order valence-corrected chi connectivity index (χ4v) is 2.52. The highest BCUT2D eigenvalue weighted by molar-refractivity contribution is 4.75. The highest BCUT2D eigenvalue weighted by Gasteiger charge is 2.26. The molecule has 6 atom stereocenters. The van der Waals surface area contributed by atoms with Gasteiger partial charge in [-0.3, -0.25) is 0 Å². The quantitative estimate of drug-likeness (QED) is 0.349. The number of hydrogen-bond donors (Lipinski definition) is 6. The van der Waals surface area contributed by atoms with Gasteiger partial charge < -0.3 is 35.4 Å². The lowest BCUT2D eigenvalue weighted by Crippen LogP contribution is -2.37.